The molecule has 0 aromatic heterocycles. The maximum absolute atomic E-state index is 11.7. The van der Waals surface area contributed by atoms with E-state index in [0.29, 0.717) is 11.8 Å². The third-order valence-electron chi connectivity index (χ3n) is 7.57. The van der Waals surface area contributed by atoms with Crippen LogP contribution in [-0.4, -0.2) is 23.0 Å². The van der Waals surface area contributed by atoms with Gasteiger partial charge in [-0.05, 0) is 61.5 Å². The summed E-state index contributed by atoms with van der Waals surface area (Å²) in [5.74, 6) is 1.49. The molecule has 0 amide bonds. The maximum atomic E-state index is 11.7. The van der Waals surface area contributed by atoms with E-state index in [2.05, 4.69) is 19.9 Å². The van der Waals surface area contributed by atoms with Gasteiger partial charge in [0.05, 0.1) is 6.10 Å². The predicted molar refractivity (Wildman–Crippen MR) is 86.0 cm³/mol. The Labute approximate surface area is 132 Å². The molecular weight excluding hydrogens is 274 g/mol. The number of hydrogen-bond acceptors (Lipinski definition) is 3. The zero-order valence-electron chi connectivity index (χ0n) is 13.6. The SMILES string of the molecule is C[C@]12C[C@@H](O)[C@H]3[C@@H](CCC4=CC(=O)C=C[C@@]43C)[C@@H]1CC[C@@H]2N. The average molecular weight is 301 g/mol. The summed E-state index contributed by atoms with van der Waals surface area (Å²) in [7, 11) is 0. The van der Waals surface area contributed by atoms with E-state index in [1.54, 1.807) is 6.08 Å². The number of aliphatic hydroxyl groups is 1. The van der Waals surface area contributed by atoms with Crippen LogP contribution >= 0.6 is 0 Å². The average Bonchev–Trinajstić information content (AvgIpc) is 2.75. The Bertz CT molecular complexity index is 580. The number of fused-ring (bicyclic) bond motifs is 5. The van der Waals surface area contributed by atoms with Gasteiger partial charge in [-0.1, -0.05) is 25.5 Å². The first-order valence-electron chi connectivity index (χ1n) is 8.74. The van der Waals surface area contributed by atoms with Gasteiger partial charge < -0.3 is 10.8 Å². The molecule has 0 radical (unpaired) electrons. The van der Waals surface area contributed by atoms with Crippen molar-refractivity contribution in [2.75, 3.05) is 0 Å². The normalized spacial score (nSPS) is 53.5. The quantitative estimate of drug-likeness (QED) is 0.723. The van der Waals surface area contributed by atoms with Gasteiger partial charge in [-0.25, -0.2) is 0 Å². The van der Waals surface area contributed by atoms with Crippen molar-refractivity contribution in [3.8, 4) is 0 Å². The largest absolute Gasteiger partial charge is 0.393 e. The van der Waals surface area contributed by atoms with Gasteiger partial charge in [0.1, 0.15) is 0 Å². The van der Waals surface area contributed by atoms with E-state index in [9.17, 15) is 9.90 Å². The van der Waals surface area contributed by atoms with Crippen LogP contribution in [0.3, 0.4) is 0 Å². The van der Waals surface area contributed by atoms with E-state index in [4.69, 9.17) is 5.73 Å². The van der Waals surface area contributed by atoms with Crippen molar-refractivity contribution in [2.45, 2.75) is 58.1 Å². The third-order valence-corrected chi connectivity index (χ3v) is 7.57. The molecular formula is C19H27NO2. The summed E-state index contributed by atoms with van der Waals surface area (Å²) in [6, 6.07) is 0.223. The molecule has 0 spiro atoms. The summed E-state index contributed by atoms with van der Waals surface area (Å²) < 4.78 is 0. The van der Waals surface area contributed by atoms with Crippen LogP contribution in [0.1, 0.15) is 46.0 Å². The molecule has 0 aliphatic heterocycles. The molecule has 0 aromatic rings. The number of rotatable bonds is 0. The van der Waals surface area contributed by atoms with Gasteiger partial charge in [-0.15, -0.1) is 0 Å². The molecule has 3 nitrogen and oxygen atoms in total. The molecule has 4 aliphatic carbocycles. The van der Waals surface area contributed by atoms with Gasteiger partial charge in [0.15, 0.2) is 5.78 Å². The molecule has 3 saturated carbocycles. The fourth-order valence-electron chi connectivity index (χ4n) is 6.36. The summed E-state index contributed by atoms with van der Waals surface area (Å²) in [5.41, 5.74) is 7.58. The van der Waals surface area contributed by atoms with E-state index in [1.807, 2.05) is 6.08 Å². The van der Waals surface area contributed by atoms with Crippen LogP contribution < -0.4 is 5.73 Å². The Morgan fingerprint density at radius 2 is 2.05 bits per heavy atom. The van der Waals surface area contributed by atoms with Gasteiger partial charge in [-0.3, -0.25) is 4.79 Å². The van der Waals surface area contributed by atoms with Crippen LogP contribution in [0, 0.1) is 28.6 Å². The number of aliphatic hydroxyl groups excluding tert-OH is 1. The van der Waals surface area contributed by atoms with Gasteiger partial charge in [0.2, 0.25) is 0 Å². The highest BCUT2D eigenvalue weighted by Crippen LogP contribution is 2.64. The summed E-state index contributed by atoms with van der Waals surface area (Å²) in [5, 5.41) is 11.0. The molecule has 0 saturated heterocycles. The highest BCUT2D eigenvalue weighted by atomic mass is 16.3. The van der Waals surface area contributed by atoms with Crippen LogP contribution in [0.25, 0.3) is 0 Å². The van der Waals surface area contributed by atoms with Gasteiger partial charge >= 0.3 is 0 Å². The van der Waals surface area contributed by atoms with Crippen molar-refractivity contribution in [1.82, 2.24) is 0 Å². The molecule has 0 unspecified atom stereocenters. The number of allylic oxidation sites excluding steroid dienone is 4. The summed E-state index contributed by atoms with van der Waals surface area (Å²) in [6.07, 6.45) is 10.5. The predicted octanol–water partition coefficient (Wildman–Crippen LogP) is 2.59. The fourth-order valence-corrected chi connectivity index (χ4v) is 6.36. The van der Waals surface area contributed by atoms with Crippen LogP contribution in [0.2, 0.25) is 0 Å². The Morgan fingerprint density at radius 1 is 1.27 bits per heavy atom. The Kier molecular flexibility index (Phi) is 3.03. The van der Waals surface area contributed by atoms with Gasteiger partial charge in [-0.2, -0.15) is 0 Å². The minimum Gasteiger partial charge on any atom is -0.393 e. The first-order valence-corrected chi connectivity index (χ1v) is 8.74. The first kappa shape index (κ1) is 14.6. The molecule has 0 bridgehead atoms. The molecule has 3 fully saturated rings. The molecule has 0 heterocycles. The lowest BCUT2D eigenvalue weighted by molar-refractivity contribution is -0.114. The smallest absolute Gasteiger partial charge is 0.178 e. The fraction of sp³-hybridized carbons (Fsp3) is 0.737. The van der Waals surface area contributed by atoms with E-state index in [0.717, 1.165) is 25.7 Å². The number of carbonyl (C=O) groups is 1. The van der Waals surface area contributed by atoms with E-state index in [1.165, 1.54) is 12.0 Å². The minimum absolute atomic E-state index is 0.0896. The van der Waals surface area contributed by atoms with E-state index < -0.39 is 0 Å². The van der Waals surface area contributed by atoms with Crippen molar-refractivity contribution in [1.29, 1.82) is 0 Å². The number of carbonyl (C=O) groups excluding carboxylic acids is 1. The molecule has 22 heavy (non-hydrogen) atoms. The highest BCUT2D eigenvalue weighted by molar-refractivity contribution is 6.01. The second kappa shape index (κ2) is 4.55. The second-order valence-corrected chi connectivity index (χ2v) is 8.48. The molecule has 3 N–H and O–H groups in total. The molecule has 4 rings (SSSR count). The molecule has 4 aliphatic rings. The Morgan fingerprint density at radius 3 is 2.82 bits per heavy atom. The van der Waals surface area contributed by atoms with Crippen LogP contribution in [0.5, 0.6) is 0 Å². The summed E-state index contributed by atoms with van der Waals surface area (Å²) in [4.78, 5) is 11.7. The number of ketones is 1. The van der Waals surface area contributed by atoms with Crippen molar-refractivity contribution < 1.29 is 9.90 Å². The Balaban J connectivity index is 1.76. The van der Waals surface area contributed by atoms with Crippen molar-refractivity contribution in [2.24, 2.45) is 34.3 Å². The highest BCUT2D eigenvalue weighted by Gasteiger charge is 2.60. The zero-order valence-corrected chi connectivity index (χ0v) is 13.6. The van der Waals surface area contributed by atoms with E-state index in [-0.39, 0.29) is 34.7 Å². The number of nitrogens with two attached hydrogens (primary N) is 1. The molecule has 7 atom stereocenters. The van der Waals surface area contributed by atoms with Crippen molar-refractivity contribution in [3.63, 3.8) is 0 Å². The molecule has 3 heteroatoms. The summed E-state index contributed by atoms with van der Waals surface area (Å²) >= 11 is 0. The lowest BCUT2D eigenvalue weighted by Gasteiger charge is -2.58. The minimum atomic E-state index is -0.318. The lowest BCUT2D eigenvalue weighted by Crippen LogP contribution is -2.57. The van der Waals surface area contributed by atoms with Crippen molar-refractivity contribution >= 4 is 5.78 Å². The maximum Gasteiger partial charge on any atom is 0.178 e. The Hall–Kier alpha value is -0.930. The molecule has 0 aromatic carbocycles. The van der Waals surface area contributed by atoms with Gasteiger partial charge in [0, 0.05) is 17.4 Å². The monoisotopic (exact) mass is 301 g/mol. The molecule has 120 valence electrons. The second-order valence-electron chi connectivity index (χ2n) is 8.48. The topological polar surface area (TPSA) is 63.3 Å². The van der Waals surface area contributed by atoms with Crippen LogP contribution in [0.4, 0.5) is 0 Å². The van der Waals surface area contributed by atoms with E-state index >= 15 is 0 Å². The first-order chi connectivity index (χ1) is 10.4. The summed E-state index contributed by atoms with van der Waals surface area (Å²) in [6.45, 7) is 4.52. The standard InChI is InChI=1S/C19H27NO2/c1-18-8-7-12(21)9-11(18)3-4-13-14-5-6-16(20)19(14,2)10-15(22)17(13)18/h7-9,13-17,22H,3-6,10,20H2,1-2H3/t13-,14-,15+,16-,17+,18-,19-/m0/s1. The lowest BCUT2D eigenvalue weighted by atomic mass is 9.47. The van der Waals surface area contributed by atoms with Gasteiger partial charge in [0.25, 0.3) is 0 Å². The number of hydrogen-bond donors (Lipinski definition) is 2. The third kappa shape index (κ3) is 1.73. The van der Waals surface area contributed by atoms with Crippen molar-refractivity contribution in [3.05, 3.63) is 23.8 Å². The van der Waals surface area contributed by atoms with Crippen LogP contribution in [0.15, 0.2) is 23.8 Å². The zero-order chi connectivity index (χ0) is 15.7. The van der Waals surface area contributed by atoms with Crippen LogP contribution in [-0.2, 0) is 4.79 Å².